The van der Waals surface area contributed by atoms with Crippen molar-refractivity contribution < 1.29 is 32.9 Å². The lowest BCUT2D eigenvalue weighted by atomic mass is 10.0. The first-order chi connectivity index (χ1) is 33.5. The lowest BCUT2D eigenvalue weighted by molar-refractivity contribution is -0.870. The van der Waals surface area contributed by atoms with Gasteiger partial charge in [-0.05, 0) is 96.3 Å². The van der Waals surface area contributed by atoms with E-state index in [9.17, 15) is 19.4 Å². The van der Waals surface area contributed by atoms with Crippen molar-refractivity contribution in [2.45, 2.75) is 212 Å². The van der Waals surface area contributed by atoms with Gasteiger partial charge < -0.3 is 28.8 Å². The zero-order chi connectivity index (χ0) is 50.6. The van der Waals surface area contributed by atoms with Crippen molar-refractivity contribution in [2.75, 3.05) is 40.9 Å². The molecule has 0 saturated heterocycles. The summed E-state index contributed by atoms with van der Waals surface area (Å²) in [6.45, 7) is 4.45. The molecule has 0 heterocycles. The molecule has 0 radical (unpaired) electrons. The van der Waals surface area contributed by atoms with Crippen LogP contribution in [-0.2, 0) is 18.4 Å². The number of carbonyl (C=O) groups excluding carboxylic acids is 1. The minimum absolute atomic E-state index is 0.0271. The monoisotopic (exact) mass is 979 g/mol. The summed E-state index contributed by atoms with van der Waals surface area (Å²) < 4.78 is 23.3. The van der Waals surface area contributed by atoms with Gasteiger partial charge in [-0.2, -0.15) is 0 Å². The van der Waals surface area contributed by atoms with E-state index in [1.807, 2.05) is 27.2 Å². The summed E-state index contributed by atoms with van der Waals surface area (Å²) in [4.78, 5) is 25.4. The van der Waals surface area contributed by atoms with Crippen LogP contribution in [-0.4, -0.2) is 68.5 Å². The van der Waals surface area contributed by atoms with E-state index in [4.69, 9.17) is 9.05 Å². The highest BCUT2D eigenvalue weighted by molar-refractivity contribution is 7.45. The van der Waals surface area contributed by atoms with Gasteiger partial charge in [-0.25, -0.2) is 0 Å². The topological polar surface area (TPSA) is 108 Å². The van der Waals surface area contributed by atoms with Gasteiger partial charge in [-0.1, -0.05) is 219 Å². The number of allylic oxidation sites excluding steroid dienone is 19. The van der Waals surface area contributed by atoms with Gasteiger partial charge in [0.1, 0.15) is 13.2 Å². The number of hydrogen-bond acceptors (Lipinski definition) is 6. The molecule has 394 valence electrons. The number of phosphoric ester groups is 1. The Morgan fingerprint density at radius 3 is 1.35 bits per heavy atom. The standard InChI is InChI=1S/C60H103N2O6P/c1-6-8-10-12-14-16-18-20-22-24-26-28-30-32-33-35-37-39-41-43-45-47-49-51-53-59(63)58(57-68-69(65,66)67-56-55-62(3,4)5)61-60(64)54-52-50-48-46-44-42-40-38-36-34-31-29-27-25-23-21-19-17-15-13-11-9-7-2/h9,11,15,17,21,23,27,29,34-37,40,42-43,45-46,48,51,53,58-59,63H,6-8,10,12-14,16,18-20,22,24-26,28,30-33,38-39,41,44,47,49-50,52,54-57H2,1-5H3,(H-,61,64,65,66)/b11-9-,17-15-,23-21-,29-27-,36-34-,37-35+,42-40-,45-43+,48-46-,53-51+. The largest absolute Gasteiger partial charge is 0.756 e. The smallest absolute Gasteiger partial charge is 0.268 e. The van der Waals surface area contributed by atoms with E-state index in [0.717, 1.165) is 70.6 Å². The van der Waals surface area contributed by atoms with Gasteiger partial charge in [0.05, 0.1) is 39.9 Å². The molecule has 0 spiro atoms. The third-order valence-electron chi connectivity index (χ3n) is 11.4. The first kappa shape index (κ1) is 65.9. The first-order valence-electron chi connectivity index (χ1n) is 27.4. The third kappa shape index (κ3) is 52.6. The van der Waals surface area contributed by atoms with Crippen LogP contribution in [0.3, 0.4) is 0 Å². The fourth-order valence-corrected chi connectivity index (χ4v) is 7.84. The Labute approximate surface area is 424 Å². The van der Waals surface area contributed by atoms with Crippen molar-refractivity contribution in [3.8, 4) is 0 Å². The number of amides is 1. The fourth-order valence-electron chi connectivity index (χ4n) is 7.11. The van der Waals surface area contributed by atoms with Gasteiger partial charge in [0.25, 0.3) is 7.82 Å². The molecule has 0 rings (SSSR count). The zero-order valence-electron chi connectivity index (χ0n) is 44.7. The van der Waals surface area contributed by atoms with Crippen LogP contribution in [0.25, 0.3) is 0 Å². The second kappa shape index (κ2) is 49.9. The second-order valence-electron chi connectivity index (χ2n) is 19.2. The number of aliphatic hydroxyl groups excluding tert-OH is 1. The molecule has 2 N–H and O–H groups in total. The Bertz CT molecular complexity index is 1530. The Kier molecular flexibility index (Phi) is 47.6. The predicted octanol–water partition coefficient (Wildman–Crippen LogP) is 16.0. The summed E-state index contributed by atoms with van der Waals surface area (Å²) in [5.74, 6) is -0.273. The quantitative estimate of drug-likeness (QED) is 0.0272. The maximum absolute atomic E-state index is 12.9. The van der Waals surface area contributed by atoms with Gasteiger partial charge in [-0.3, -0.25) is 9.36 Å². The average Bonchev–Trinajstić information content (AvgIpc) is 3.31. The molecule has 3 atom stereocenters. The van der Waals surface area contributed by atoms with Gasteiger partial charge in [0.2, 0.25) is 5.91 Å². The number of hydrogen-bond donors (Lipinski definition) is 2. The fraction of sp³-hybridized carbons (Fsp3) is 0.650. The molecule has 0 aliphatic heterocycles. The molecule has 69 heavy (non-hydrogen) atoms. The molecule has 0 saturated carbocycles. The molecule has 0 aliphatic rings. The Morgan fingerprint density at radius 2 is 0.899 bits per heavy atom. The van der Waals surface area contributed by atoms with Crippen LogP contribution in [0.1, 0.15) is 200 Å². The number of phosphoric acid groups is 1. The predicted molar refractivity (Wildman–Crippen MR) is 297 cm³/mol. The summed E-state index contributed by atoms with van der Waals surface area (Å²) in [7, 11) is 1.18. The number of aliphatic hydroxyl groups is 1. The molecule has 0 aliphatic carbocycles. The van der Waals surface area contributed by atoms with E-state index in [1.165, 1.54) is 96.3 Å². The number of nitrogens with zero attached hydrogens (tertiary/aromatic N) is 1. The molecule has 0 aromatic carbocycles. The van der Waals surface area contributed by atoms with Crippen LogP contribution in [0, 0.1) is 0 Å². The summed E-state index contributed by atoms with van der Waals surface area (Å²) in [5, 5.41) is 13.8. The van der Waals surface area contributed by atoms with E-state index >= 15 is 0 Å². The summed E-state index contributed by atoms with van der Waals surface area (Å²) in [6.07, 6.45) is 74.3. The lowest BCUT2D eigenvalue weighted by Gasteiger charge is -2.29. The maximum atomic E-state index is 12.9. The zero-order valence-corrected chi connectivity index (χ0v) is 45.6. The van der Waals surface area contributed by atoms with Crippen LogP contribution < -0.4 is 10.2 Å². The van der Waals surface area contributed by atoms with Crippen molar-refractivity contribution in [3.63, 3.8) is 0 Å². The number of unbranched alkanes of at least 4 members (excludes halogenated alkanes) is 17. The highest BCUT2D eigenvalue weighted by atomic mass is 31.2. The first-order valence-corrected chi connectivity index (χ1v) is 28.9. The van der Waals surface area contributed by atoms with Crippen LogP contribution in [0.2, 0.25) is 0 Å². The van der Waals surface area contributed by atoms with E-state index in [2.05, 4.69) is 129 Å². The van der Waals surface area contributed by atoms with Crippen molar-refractivity contribution in [3.05, 3.63) is 122 Å². The van der Waals surface area contributed by atoms with Crippen LogP contribution >= 0.6 is 7.82 Å². The molecule has 8 nitrogen and oxygen atoms in total. The number of nitrogens with one attached hydrogen (secondary N) is 1. The van der Waals surface area contributed by atoms with Gasteiger partial charge in [0, 0.05) is 6.42 Å². The van der Waals surface area contributed by atoms with Gasteiger partial charge in [0.15, 0.2) is 0 Å². The van der Waals surface area contributed by atoms with Crippen molar-refractivity contribution in [1.82, 2.24) is 5.32 Å². The Balaban J connectivity index is 4.48. The number of likely N-dealkylation sites (N-methyl/N-ethyl adjacent to an activating group) is 1. The van der Waals surface area contributed by atoms with Crippen LogP contribution in [0.4, 0.5) is 0 Å². The molecule has 0 aromatic rings. The van der Waals surface area contributed by atoms with Gasteiger partial charge >= 0.3 is 0 Å². The number of quaternary nitrogens is 1. The molecular weight excluding hydrogens is 876 g/mol. The normalized spacial score (nSPS) is 14.9. The minimum Gasteiger partial charge on any atom is -0.756 e. The summed E-state index contributed by atoms with van der Waals surface area (Å²) >= 11 is 0. The lowest BCUT2D eigenvalue weighted by Crippen LogP contribution is -2.45. The molecule has 0 fully saturated rings. The van der Waals surface area contributed by atoms with E-state index in [-0.39, 0.29) is 18.9 Å². The van der Waals surface area contributed by atoms with E-state index in [0.29, 0.717) is 23.9 Å². The second-order valence-corrected chi connectivity index (χ2v) is 20.6. The highest BCUT2D eigenvalue weighted by Crippen LogP contribution is 2.38. The van der Waals surface area contributed by atoms with Crippen molar-refractivity contribution in [1.29, 1.82) is 0 Å². The van der Waals surface area contributed by atoms with E-state index in [1.54, 1.807) is 6.08 Å². The highest BCUT2D eigenvalue weighted by Gasteiger charge is 2.23. The molecular formula is C60H103N2O6P. The SMILES string of the molecule is CC/C=C\C/C=C\C/C=C\C/C=C\C/C=C\C/C=C\C/C=C\CCCC(=O)NC(COP(=O)([O-])OCC[N+](C)(C)C)C(O)/C=C/CC/C=C/CC/C=C/CCCCCCCCCCCCCCCC. The van der Waals surface area contributed by atoms with Crippen molar-refractivity contribution in [2.24, 2.45) is 0 Å². The van der Waals surface area contributed by atoms with Crippen molar-refractivity contribution >= 4 is 13.7 Å². The van der Waals surface area contributed by atoms with Crippen LogP contribution in [0.5, 0.6) is 0 Å². The van der Waals surface area contributed by atoms with Gasteiger partial charge in [-0.15, -0.1) is 0 Å². The molecule has 0 bridgehead atoms. The molecule has 9 heteroatoms. The van der Waals surface area contributed by atoms with Crippen LogP contribution in [0.15, 0.2) is 122 Å². The number of rotatable bonds is 48. The maximum Gasteiger partial charge on any atom is 0.268 e. The summed E-state index contributed by atoms with van der Waals surface area (Å²) in [6, 6.07) is -0.950. The minimum atomic E-state index is -4.63. The third-order valence-corrected chi connectivity index (χ3v) is 12.3. The Hall–Kier alpha value is -3.10. The average molecular weight is 979 g/mol. The number of carbonyl (C=O) groups is 1. The molecule has 1 amide bonds. The molecule has 3 unspecified atom stereocenters. The molecule has 0 aromatic heterocycles. The van der Waals surface area contributed by atoms with E-state index < -0.39 is 26.6 Å². The Morgan fingerprint density at radius 1 is 0.522 bits per heavy atom. The summed E-state index contributed by atoms with van der Waals surface area (Å²) in [5.41, 5.74) is 0.